The maximum absolute atomic E-state index is 11.9. The van der Waals surface area contributed by atoms with E-state index >= 15 is 0 Å². The predicted octanol–water partition coefficient (Wildman–Crippen LogP) is 1.78. The zero-order valence-corrected chi connectivity index (χ0v) is 12.6. The molecule has 21 heavy (non-hydrogen) atoms. The van der Waals surface area contributed by atoms with Gasteiger partial charge in [-0.3, -0.25) is 9.59 Å². The van der Waals surface area contributed by atoms with Crippen molar-refractivity contribution in [3.63, 3.8) is 0 Å². The van der Waals surface area contributed by atoms with Gasteiger partial charge < -0.3 is 19.5 Å². The van der Waals surface area contributed by atoms with E-state index in [0.717, 1.165) is 12.8 Å². The fourth-order valence-electron chi connectivity index (χ4n) is 1.58. The molecule has 0 radical (unpaired) electrons. The number of amides is 1. The molecule has 0 aliphatic rings. The van der Waals surface area contributed by atoms with Crippen molar-refractivity contribution in [2.24, 2.45) is 0 Å². The Bertz CT molecular complexity index is 487. The van der Waals surface area contributed by atoms with Crippen LogP contribution in [0.1, 0.15) is 30.1 Å². The van der Waals surface area contributed by atoms with Gasteiger partial charge in [-0.15, -0.1) is 0 Å². The van der Waals surface area contributed by atoms with Gasteiger partial charge in [-0.2, -0.15) is 0 Å². The van der Waals surface area contributed by atoms with Gasteiger partial charge in [-0.05, 0) is 24.6 Å². The summed E-state index contributed by atoms with van der Waals surface area (Å²) >= 11 is 0. The first-order valence-electron chi connectivity index (χ1n) is 6.78. The molecule has 0 bridgehead atoms. The third-order valence-corrected chi connectivity index (χ3v) is 2.80. The van der Waals surface area contributed by atoms with Crippen LogP contribution in [0.2, 0.25) is 0 Å². The molecule has 6 nitrogen and oxygen atoms in total. The second kappa shape index (κ2) is 8.84. The Morgan fingerprint density at radius 1 is 1.19 bits per heavy atom. The summed E-state index contributed by atoms with van der Waals surface area (Å²) in [4.78, 5) is 22.9. The van der Waals surface area contributed by atoms with E-state index in [4.69, 9.17) is 9.47 Å². The quantitative estimate of drug-likeness (QED) is 0.584. The van der Waals surface area contributed by atoms with Crippen LogP contribution in [0.3, 0.4) is 0 Å². The normalized spacial score (nSPS) is 9.86. The van der Waals surface area contributed by atoms with Crippen LogP contribution in [-0.4, -0.2) is 39.2 Å². The van der Waals surface area contributed by atoms with Crippen LogP contribution in [-0.2, 0) is 9.53 Å². The summed E-state index contributed by atoms with van der Waals surface area (Å²) in [5.41, 5.74) is 0.395. The lowest BCUT2D eigenvalue weighted by atomic mass is 10.2. The van der Waals surface area contributed by atoms with E-state index < -0.39 is 5.97 Å². The highest BCUT2D eigenvalue weighted by Gasteiger charge is 2.12. The Kier molecular flexibility index (Phi) is 7.08. The molecule has 0 heterocycles. The van der Waals surface area contributed by atoms with Gasteiger partial charge in [-0.25, -0.2) is 0 Å². The van der Waals surface area contributed by atoms with Crippen LogP contribution in [0.25, 0.3) is 0 Å². The van der Waals surface area contributed by atoms with Crippen LogP contribution >= 0.6 is 0 Å². The summed E-state index contributed by atoms with van der Waals surface area (Å²) < 4.78 is 15.3. The zero-order valence-electron chi connectivity index (χ0n) is 12.6. The Labute approximate surface area is 124 Å². The van der Waals surface area contributed by atoms with Crippen LogP contribution in [0.15, 0.2) is 18.2 Å². The zero-order chi connectivity index (χ0) is 15.7. The van der Waals surface area contributed by atoms with Crippen molar-refractivity contribution < 1.29 is 23.8 Å². The molecule has 0 aromatic heterocycles. The topological polar surface area (TPSA) is 73.9 Å². The van der Waals surface area contributed by atoms with E-state index in [-0.39, 0.29) is 12.5 Å². The predicted molar refractivity (Wildman–Crippen MR) is 77.7 cm³/mol. The van der Waals surface area contributed by atoms with Crippen molar-refractivity contribution in [2.45, 2.75) is 19.8 Å². The molecule has 0 saturated heterocycles. The van der Waals surface area contributed by atoms with Crippen molar-refractivity contribution in [3.8, 4) is 11.5 Å². The van der Waals surface area contributed by atoms with E-state index in [1.807, 2.05) is 0 Å². The molecule has 0 aliphatic carbocycles. The molecule has 0 unspecified atom stereocenters. The first kappa shape index (κ1) is 16.8. The molecule has 0 atom stereocenters. The number of ether oxygens (including phenoxy) is 3. The lowest BCUT2D eigenvalue weighted by Gasteiger charge is -2.12. The van der Waals surface area contributed by atoms with Crippen molar-refractivity contribution in [2.75, 3.05) is 27.4 Å². The Morgan fingerprint density at radius 3 is 2.57 bits per heavy atom. The molecular weight excluding hydrogens is 274 g/mol. The minimum Gasteiger partial charge on any atom is -0.493 e. The summed E-state index contributed by atoms with van der Waals surface area (Å²) in [6.07, 6.45) is 1.93. The molecule has 0 saturated carbocycles. The third-order valence-electron chi connectivity index (χ3n) is 2.80. The number of benzene rings is 1. The number of hydrogen-bond donors (Lipinski definition) is 1. The van der Waals surface area contributed by atoms with Crippen LogP contribution in [0.4, 0.5) is 0 Å². The number of unbranched alkanes of at least 4 members (excludes halogenated alkanes) is 1. The second-order valence-electron chi connectivity index (χ2n) is 4.33. The van der Waals surface area contributed by atoms with E-state index in [1.165, 1.54) is 7.11 Å². The van der Waals surface area contributed by atoms with Crippen LogP contribution in [0, 0.1) is 0 Å². The highest BCUT2D eigenvalue weighted by atomic mass is 16.5. The van der Waals surface area contributed by atoms with Gasteiger partial charge in [0.2, 0.25) is 0 Å². The number of nitrogens with one attached hydrogen (secondary N) is 1. The summed E-state index contributed by atoms with van der Waals surface area (Å²) in [7, 11) is 2.81. The number of carbonyl (C=O) groups is 2. The number of rotatable bonds is 8. The SMILES string of the molecule is CCCCOc1cc(C(=O)NCC(=O)OC)ccc1OC. The van der Waals surface area contributed by atoms with Crippen molar-refractivity contribution in [1.82, 2.24) is 5.32 Å². The molecule has 1 aromatic rings. The van der Waals surface area contributed by atoms with Crippen molar-refractivity contribution in [3.05, 3.63) is 23.8 Å². The first-order chi connectivity index (χ1) is 10.1. The van der Waals surface area contributed by atoms with E-state index in [1.54, 1.807) is 25.3 Å². The number of hydrogen-bond acceptors (Lipinski definition) is 5. The molecule has 1 rings (SSSR count). The second-order valence-corrected chi connectivity index (χ2v) is 4.33. The summed E-state index contributed by atoms with van der Waals surface area (Å²) in [5, 5.41) is 2.47. The summed E-state index contributed by atoms with van der Waals surface area (Å²) in [6, 6.07) is 4.87. The van der Waals surface area contributed by atoms with Crippen molar-refractivity contribution >= 4 is 11.9 Å². The maximum atomic E-state index is 11.9. The first-order valence-corrected chi connectivity index (χ1v) is 6.78. The van der Waals surface area contributed by atoms with Crippen LogP contribution < -0.4 is 14.8 Å². The highest BCUT2D eigenvalue weighted by Crippen LogP contribution is 2.28. The minimum atomic E-state index is -0.503. The number of methoxy groups -OCH3 is 2. The Hall–Kier alpha value is -2.24. The largest absolute Gasteiger partial charge is 0.493 e. The number of carbonyl (C=O) groups excluding carboxylic acids is 2. The van der Waals surface area contributed by atoms with Gasteiger partial charge in [0.05, 0.1) is 20.8 Å². The fraction of sp³-hybridized carbons (Fsp3) is 0.467. The van der Waals surface area contributed by atoms with Gasteiger partial charge in [0, 0.05) is 5.56 Å². The molecule has 6 heteroatoms. The van der Waals surface area contributed by atoms with E-state index in [2.05, 4.69) is 17.0 Å². The van der Waals surface area contributed by atoms with Crippen molar-refractivity contribution in [1.29, 1.82) is 0 Å². The molecule has 0 fully saturated rings. The lowest BCUT2D eigenvalue weighted by molar-refractivity contribution is -0.139. The molecule has 0 aliphatic heterocycles. The molecule has 1 amide bonds. The molecule has 1 N–H and O–H groups in total. The maximum Gasteiger partial charge on any atom is 0.325 e. The third kappa shape index (κ3) is 5.33. The van der Waals surface area contributed by atoms with Gasteiger partial charge in [-0.1, -0.05) is 13.3 Å². The summed E-state index contributed by atoms with van der Waals surface area (Å²) in [6.45, 7) is 2.45. The Balaban J connectivity index is 2.76. The monoisotopic (exact) mass is 295 g/mol. The average molecular weight is 295 g/mol. The minimum absolute atomic E-state index is 0.173. The average Bonchev–Trinajstić information content (AvgIpc) is 2.52. The van der Waals surface area contributed by atoms with E-state index in [0.29, 0.717) is 23.7 Å². The number of esters is 1. The smallest absolute Gasteiger partial charge is 0.325 e. The molecule has 116 valence electrons. The lowest BCUT2D eigenvalue weighted by Crippen LogP contribution is -2.30. The van der Waals surface area contributed by atoms with Gasteiger partial charge in [0.25, 0.3) is 5.91 Å². The van der Waals surface area contributed by atoms with Crippen LogP contribution in [0.5, 0.6) is 11.5 Å². The summed E-state index contributed by atoms with van der Waals surface area (Å²) in [5.74, 6) is 0.201. The molecule has 1 aromatic carbocycles. The van der Waals surface area contributed by atoms with Gasteiger partial charge >= 0.3 is 5.97 Å². The fourth-order valence-corrected chi connectivity index (χ4v) is 1.58. The standard InChI is InChI=1S/C15H21NO5/c1-4-5-8-21-13-9-11(6-7-12(13)19-2)15(18)16-10-14(17)20-3/h6-7,9H,4-5,8,10H2,1-3H3,(H,16,18). The van der Waals surface area contributed by atoms with Gasteiger partial charge in [0.15, 0.2) is 11.5 Å². The molecule has 0 spiro atoms. The molecular formula is C15H21NO5. The Morgan fingerprint density at radius 2 is 1.95 bits per heavy atom. The van der Waals surface area contributed by atoms with Gasteiger partial charge in [0.1, 0.15) is 6.54 Å². The van der Waals surface area contributed by atoms with E-state index in [9.17, 15) is 9.59 Å². The highest BCUT2D eigenvalue weighted by molar-refractivity contribution is 5.96.